The van der Waals surface area contributed by atoms with E-state index < -0.39 is 21.7 Å². The number of sulfone groups is 1. The Balaban J connectivity index is 1.54. The third kappa shape index (κ3) is 7.56. The Morgan fingerprint density at radius 3 is 2.29 bits per heavy atom. The van der Waals surface area contributed by atoms with Crippen molar-refractivity contribution >= 4 is 28.2 Å². The number of fused-ring (bicyclic) bond motifs is 10. The number of nitrogens with zero attached hydrogens (tertiary/aromatic N) is 4. The second kappa shape index (κ2) is 14.2. The van der Waals surface area contributed by atoms with Crippen LogP contribution in [0.25, 0.3) is 0 Å². The Hall–Kier alpha value is -2.92. The van der Waals surface area contributed by atoms with Crippen LogP contribution in [0.2, 0.25) is 0 Å². The molecule has 5 heterocycles. The predicted molar refractivity (Wildman–Crippen MR) is 177 cm³/mol. The molecular weight excluding hydrogens is 596 g/mol. The number of hydrogen-bond acceptors (Lipinski definition) is 6. The largest absolute Gasteiger partial charge is 0.363 e. The van der Waals surface area contributed by atoms with Gasteiger partial charge in [-0.15, -0.1) is 0 Å². The number of benzene rings is 1. The van der Waals surface area contributed by atoms with Crippen LogP contribution in [-0.4, -0.2) is 68.6 Å². The topological polar surface area (TPSA) is 96.1 Å². The van der Waals surface area contributed by atoms with Crippen LogP contribution in [0.5, 0.6) is 0 Å². The van der Waals surface area contributed by atoms with E-state index in [2.05, 4.69) is 26.9 Å². The van der Waals surface area contributed by atoms with Crippen LogP contribution in [0.4, 0.5) is 14.6 Å². The van der Waals surface area contributed by atoms with Crippen molar-refractivity contribution in [3.8, 4) is 0 Å². The first-order valence-electron chi connectivity index (χ1n) is 16.4. The average Bonchev–Trinajstić information content (AvgIpc) is 3.03. The van der Waals surface area contributed by atoms with Gasteiger partial charge in [-0.2, -0.15) is 0 Å². The Kier molecular flexibility index (Phi) is 10.6. The molecule has 2 aromatic rings. The van der Waals surface area contributed by atoms with Gasteiger partial charge in [-0.05, 0) is 95.4 Å². The molecule has 6 bridgehead atoms. The van der Waals surface area contributed by atoms with Gasteiger partial charge < -0.3 is 10.2 Å². The quantitative estimate of drug-likeness (QED) is 0.407. The Morgan fingerprint density at radius 1 is 0.956 bits per heavy atom. The third-order valence-electron chi connectivity index (χ3n) is 9.99. The van der Waals surface area contributed by atoms with E-state index in [1.807, 2.05) is 13.0 Å². The highest BCUT2D eigenvalue weighted by atomic mass is 32.2. The van der Waals surface area contributed by atoms with Crippen molar-refractivity contribution in [1.82, 2.24) is 14.8 Å². The molecule has 0 amide bonds. The zero-order valence-corrected chi connectivity index (χ0v) is 27.4. The lowest BCUT2D eigenvalue weighted by molar-refractivity contribution is -0.0855. The van der Waals surface area contributed by atoms with Crippen LogP contribution in [0.1, 0.15) is 98.9 Å². The van der Waals surface area contributed by atoms with E-state index in [1.54, 1.807) is 29.8 Å². The third-order valence-corrected chi connectivity index (χ3v) is 11.7. The highest BCUT2D eigenvalue weighted by molar-refractivity contribution is 7.91. The van der Waals surface area contributed by atoms with Gasteiger partial charge in [0.05, 0.1) is 17.1 Å². The number of halogens is 2. The first-order valence-corrected chi connectivity index (χ1v) is 18.3. The molecule has 0 aliphatic carbocycles. The summed E-state index contributed by atoms with van der Waals surface area (Å²) in [5.74, 6) is -2.83. The summed E-state index contributed by atoms with van der Waals surface area (Å²) in [6.45, 7) is 8.48. The zero-order chi connectivity index (χ0) is 32.2. The standard InChI is InChI=1S/C34H47F2N5O3S/c1-24-26-10-9-11-28(22-26)34(35,36)27-12-18-40(19-13-27)16-7-5-4-6-8-17-41-32(38-3)30(31(37-2)39-24)23-29(33(41)42)25-14-20-45(43,44)21-15-25/h9-11,22-25,27H,3-8,12-21H2,1-2H3,(H,37,39)/t24-/m1/s1. The lowest BCUT2D eigenvalue weighted by atomic mass is 9.85. The number of aromatic nitrogens is 1. The molecule has 0 saturated carbocycles. The van der Waals surface area contributed by atoms with Gasteiger partial charge in [0, 0.05) is 36.7 Å². The molecule has 1 aromatic carbocycles. The molecule has 8 nitrogen and oxygen atoms in total. The van der Waals surface area contributed by atoms with Gasteiger partial charge >= 0.3 is 0 Å². The molecule has 45 heavy (non-hydrogen) atoms. The second-order valence-electron chi connectivity index (χ2n) is 12.9. The van der Waals surface area contributed by atoms with Gasteiger partial charge in [0.1, 0.15) is 21.5 Å². The minimum absolute atomic E-state index is 0.0320. The normalized spacial score (nSPS) is 27.3. The van der Waals surface area contributed by atoms with Gasteiger partial charge in [-0.1, -0.05) is 37.5 Å². The fourth-order valence-corrected chi connectivity index (χ4v) is 8.67. The molecule has 0 unspecified atom stereocenters. The van der Waals surface area contributed by atoms with Crippen LogP contribution in [0, 0.1) is 5.92 Å². The van der Waals surface area contributed by atoms with Crippen molar-refractivity contribution in [3.63, 3.8) is 0 Å². The van der Waals surface area contributed by atoms with E-state index in [0.29, 0.717) is 73.7 Å². The minimum atomic E-state index is -3.11. The van der Waals surface area contributed by atoms with Crippen molar-refractivity contribution in [2.45, 2.75) is 89.1 Å². The van der Waals surface area contributed by atoms with Gasteiger partial charge in [0.15, 0.2) is 0 Å². The molecule has 4 aliphatic heterocycles. The lowest BCUT2D eigenvalue weighted by Gasteiger charge is -2.36. The van der Waals surface area contributed by atoms with E-state index in [9.17, 15) is 13.2 Å². The number of hydrogen-bond donors (Lipinski definition) is 1. The van der Waals surface area contributed by atoms with E-state index in [-0.39, 0.29) is 34.6 Å². The second-order valence-corrected chi connectivity index (χ2v) is 15.3. The molecule has 2 saturated heterocycles. The molecule has 0 radical (unpaired) electrons. The summed E-state index contributed by atoms with van der Waals surface area (Å²) in [5, 5.41) is 3.41. The maximum atomic E-state index is 15.9. The lowest BCUT2D eigenvalue weighted by Crippen LogP contribution is -2.40. The molecule has 1 atom stereocenters. The maximum absolute atomic E-state index is 15.9. The highest BCUT2D eigenvalue weighted by Gasteiger charge is 2.42. The number of nitrogens with one attached hydrogen (secondary N) is 1. The van der Waals surface area contributed by atoms with Crippen LogP contribution in [0.3, 0.4) is 0 Å². The van der Waals surface area contributed by atoms with Crippen molar-refractivity contribution in [2.75, 3.05) is 38.2 Å². The SMILES string of the molecule is C=Nc1c2cc(C3CCS(=O)(=O)CC3)c(=O)n1CCCCCCCN1CCC(CC1)C(F)(F)c1cccc(c1)[C@@H](C)N/C2=N/C. The molecule has 1 aromatic heterocycles. The molecule has 1 N–H and O–H groups in total. The van der Waals surface area contributed by atoms with Crippen LogP contribution in [0.15, 0.2) is 45.1 Å². The van der Waals surface area contributed by atoms with Gasteiger partial charge in [-0.3, -0.25) is 14.4 Å². The van der Waals surface area contributed by atoms with E-state index in [4.69, 9.17) is 0 Å². The number of aliphatic imine (C=N–C) groups is 2. The number of alkyl halides is 2. The molecule has 11 heteroatoms. The van der Waals surface area contributed by atoms with Gasteiger partial charge in [0.25, 0.3) is 11.5 Å². The summed E-state index contributed by atoms with van der Waals surface area (Å²) in [5.41, 5.74) is 1.74. The van der Waals surface area contributed by atoms with E-state index in [0.717, 1.165) is 38.6 Å². The smallest absolute Gasteiger partial charge is 0.276 e. The van der Waals surface area contributed by atoms with E-state index >= 15 is 8.78 Å². The Labute approximate surface area is 266 Å². The first-order chi connectivity index (χ1) is 21.5. The Bertz CT molecular complexity index is 1550. The zero-order valence-electron chi connectivity index (χ0n) is 26.6. The Morgan fingerprint density at radius 2 is 1.62 bits per heavy atom. The molecular formula is C34H47F2N5O3S. The number of amidine groups is 1. The van der Waals surface area contributed by atoms with E-state index in [1.165, 1.54) is 6.07 Å². The summed E-state index contributed by atoms with van der Waals surface area (Å²) in [4.78, 5) is 25.1. The number of pyridine rings is 1. The predicted octanol–water partition coefficient (Wildman–Crippen LogP) is 5.97. The monoisotopic (exact) mass is 643 g/mol. The van der Waals surface area contributed by atoms with Gasteiger partial charge in [0.2, 0.25) is 0 Å². The van der Waals surface area contributed by atoms with Crippen LogP contribution < -0.4 is 10.9 Å². The number of rotatable bonds is 2. The summed E-state index contributed by atoms with van der Waals surface area (Å²) >= 11 is 0. The van der Waals surface area contributed by atoms with Gasteiger partial charge in [-0.25, -0.2) is 22.2 Å². The molecule has 2 fully saturated rings. The fourth-order valence-electron chi connectivity index (χ4n) is 7.18. The van der Waals surface area contributed by atoms with Crippen molar-refractivity contribution in [3.05, 3.63) is 62.9 Å². The van der Waals surface area contributed by atoms with Crippen LogP contribution in [-0.2, 0) is 22.3 Å². The maximum Gasteiger partial charge on any atom is 0.276 e. The van der Waals surface area contributed by atoms with Crippen molar-refractivity contribution < 1.29 is 17.2 Å². The molecule has 0 spiro atoms. The molecule has 6 rings (SSSR count). The minimum Gasteiger partial charge on any atom is -0.363 e. The highest BCUT2D eigenvalue weighted by Crippen LogP contribution is 2.42. The van der Waals surface area contributed by atoms with Crippen molar-refractivity contribution in [2.24, 2.45) is 15.9 Å². The summed E-state index contributed by atoms with van der Waals surface area (Å²) in [6.07, 6.45) is 6.55. The molecule has 4 aliphatic rings. The summed E-state index contributed by atoms with van der Waals surface area (Å²) < 4.78 is 57.8. The fraction of sp³-hybridized carbons (Fsp3) is 0.618. The van der Waals surface area contributed by atoms with Crippen molar-refractivity contribution in [1.29, 1.82) is 0 Å². The average molecular weight is 644 g/mol. The summed E-state index contributed by atoms with van der Waals surface area (Å²) in [7, 11) is -1.47. The number of piperidine rings is 1. The van der Waals surface area contributed by atoms with Crippen LogP contribution >= 0.6 is 0 Å². The molecule has 246 valence electrons. The first kappa shape index (κ1) is 33.4. The summed E-state index contributed by atoms with van der Waals surface area (Å²) in [6, 6.07) is 8.07.